The van der Waals surface area contributed by atoms with Crippen LogP contribution in [0.15, 0.2) is 94.1 Å². The van der Waals surface area contributed by atoms with E-state index in [0.717, 1.165) is 10.8 Å². The van der Waals surface area contributed by atoms with Crippen LogP contribution in [0, 0.1) is 10.1 Å². The summed E-state index contributed by atoms with van der Waals surface area (Å²) >= 11 is 0. The summed E-state index contributed by atoms with van der Waals surface area (Å²) in [5.74, 6) is 0. The highest BCUT2D eigenvalue weighted by atomic mass is 16.6. The molecule has 6 nitrogen and oxygen atoms in total. The first kappa shape index (κ1) is 18.2. The van der Waals surface area contributed by atoms with Crippen LogP contribution in [0.5, 0.6) is 0 Å². The molecule has 0 fully saturated rings. The molecule has 0 bridgehead atoms. The predicted octanol–water partition coefficient (Wildman–Crippen LogP) is 6.22. The third-order valence-electron chi connectivity index (χ3n) is 5.80. The van der Waals surface area contributed by atoms with Gasteiger partial charge in [-0.2, -0.15) is 0 Å². The van der Waals surface area contributed by atoms with Crippen LogP contribution in [-0.4, -0.2) is 9.91 Å². The van der Waals surface area contributed by atoms with Crippen LogP contribution < -0.4 is 5.63 Å². The van der Waals surface area contributed by atoms with Gasteiger partial charge >= 0.3 is 5.63 Å². The van der Waals surface area contributed by atoms with Gasteiger partial charge in [0.2, 0.25) is 0 Å². The Morgan fingerprint density at radius 1 is 0.750 bits per heavy atom. The Balaban J connectivity index is 1.96. The van der Waals surface area contributed by atoms with Crippen molar-refractivity contribution in [3.8, 4) is 11.1 Å². The number of nitrogens with zero attached hydrogens (tertiary/aromatic N) is 2. The molecule has 32 heavy (non-hydrogen) atoms. The molecule has 6 heteroatoms. The van der Waals surface area contributed by atoms with Gasteiger partial charge in [-0.1, -0.05) is 60.7 Å². The second-order valence-electron chi connectivity index (χ2n) is 7.55. The van der Waals surface area contributed by atoms with Crippen LogP contribution in [0.3, 0.4) is 0 Å². The fourth-order valence-corrected chi connectivity index (χ4v) is 4.42. The van der Waals surface area contributed by atoms with Crippen molar-refractivity contribution >= 4 is 49.2 Å². The van der Waals surface area contributed by atoms with Crippen molar-refractivity contribution in [1.29, 1.82) is 0 Å². The summed E-state index contributed by atoms with van der Waals surface area (Å²) in [6.45, 7) is 0. The summed E-state index contributed by atoms with van der Waals surface area (Å²) in [6.07, 6.45) is 0. The minimum absolute atomic E-state index is 0.0815. The van der Waals surface area contributed by atoms with E-state index in [0.29, 0.717) is 38.5 Å². The molecule has 0 radical (unpaired) electrons. The number of para-hydroxylation sites is 2. The summed E-state index contributed by atoms with van der Waals surface area (Å²) in [5, 5.41) is 15.3. The highest BCUT2D eigenvalue weighted by Gasteiger charge is 2.24. The minimum atomic E-state index is -0.575. The van der Waals surface area contributed by atoms with E-state index in [1.165, 1.54) is 6.07 Å². The van der Waals surface area contributed by atoms with Crippen molar-refractivity contribution in [3.63, 3.8) is 0 Å². The van der Waals surface area contributed by atoms with Gasteiger partial charge in [-0.25, -0.2) is 9.78 Å². The number of fused-ring (bicyclic) bond motifs is 6. The molecule has 0 amide bonds. The molecule has 0 atom stereocenters. The van der Waals surface area contributed by atoms with Gasteiger partial charge in [-0.15, -0.1) is 0 Å². The number of pyridine rings is 1. The van der Waals surface area contributed by atoms with E-state index in [9.17, 15) is 14.9 Å². The summed E-state index contributed by atoms with van der Waals surface area (Å²) < 4.78 is 5.61. The Hall–Kier alpha value is -4.58. The highest BCUT2D eigenvalue weighted by molar-refractivity contribution is 6.20. The SMILES string of the molecule is O=c1oc2ccccc2c2nc3c(ccc4ccccc43)c(-c3ccccc3[N+](=O)[O-])c12. The van der Waals surface area contributed by atoms with Crippen LogP contribution in [0.25, 0.3) is 54.7 Å². The maximum atomic E-state index is 13.2. The lowest BCUT2D eigenvalue weighted by molar-refractivity contribution is -0.384. The average Bonchev–Trinajstić information content (AvgIpc) is 2.82. The number of hydrogen-bond donors (Lipinski definition) is 0. The maximum Gasteiger partial charge on any atom is 0.346 e. The van der Waals surface area contributed by atoms with Gasteiger partial charge in [-0.3, -0.25) is 10.1 Å². The molecule has 0 aliphatic heterocycles. The number of nitro benzene ring substituents is 1. The molecule has 0 unspecified atom stereocenters. The quantitative estimate of drug-likeness (QED) is 0.109. The van der Waals surface area contributed by atoms with Crippen LogP contribution in [0.1, 0.15) is 0 Å². The number of aromatic nitrogens is 1. The second kappa shape index (κ2) is 6.72. The normalized spacial score (nSPS) is 11.5. The molecule has 2 aromatic heterocycles. The second-order valence-corrected chi connectivity index (χ2v) is 7.55. The number of rotatable bonds is 2. The van der Waals surface area contributed by atoms with Crippen molar-refractivity contribution in [2.24, 2.45) is 0 Å². The molecule has 6 rings (SSSR count). The summed E-state index contributed by atoms with van der Waals surface area (Å²) in [7, 11) is 0. The molecule has 0 spiro atoms. The first-order valence-corrected chi connectivity index (χ1v) is 10.0. The summed E-state index contributed by atoms with van der Waals surface area (Å²) in [6, 6.07) is 25.3. The monoisotopic (exact) mass is 418 g/mol. The lowest BCUT2D eigenvalue weighted by atomic mass is 9.93. The van der Waals surface area contributed by atoms with Crippen LogP contribution in [-0.2, 0) is 0 Å². The fourth-order valence-electron chi connectivity index (χ4n) is 4.42. The smallest absolute Gasteiger partial charge is 0.346 e. The van der Waals surface area contributed by atoms with Gasteiger partial charge in [0.25, 0.3) is 5.69 Å². The summed E-state index contributed by atoms with van der Waals surface area (Å²) in [5.41, 5.74) is 1.73. The van der Waals surface area contributed by atoms with Gasteiger partial charge in [-0.05, 0) is 23.6 Å². The Bertz CT molecular complexity index is 1790. The van der Waals surface area contributed by atoms with Crippen LogP contribution in [0.4, 0.5) is 5.69 Å². The molecule has 0 N–H and O–H groups in total. The molecular weight excluding hydrogens is 404 g/mol. The molecule has 0 aliphatic rings. The number of nitro groups is 1. The van der Waals surface area contributed by atoms with Gasteiger partial charge in [0.05, 0.1) is 26.9 Å². The average molecular weight is 418 g/mol. The first-order valence-electron chi connectivity index (χ1n) is 10.0. The lowest BCUT2D eigenvalue weighted by Crippen LogP contribution is -2.05. The van der Waals surface area contributed by atoms with Crippen LogP contribution >= 0.6 is 0 Å². The minimum Gasteiger partial charge on any atom is -0.422 e. The van der Waals surface area contributed by atoms with E-state index in [4.69, 9.17) is 9.40 Å². The molecule has 152 valence electrons. The fraction of sp³-hybridized carbons (Fsp3) is 0. The van der Waals surface area contributed by atoms with E-state index < -0.39 is 10.5 Å². The molecule has 4 aromatic carbocycles. The number of hydrogen-bond acceptors (Lipinski definition) is 5. The zero-order valence-corrected chi connectivity index (χ0v) is 16.6. The lowest BCUT2D eigenvalue weighted by Gasteiger charge is -2.13. The Labute approximate surface area is 180 Å². The Kier molecular flexibility index (Phi) is 3.82. The third-order valence-corrected chi connectivity index (χ3v) is 5.80. The van der Waals surface area contributed by atoms with E-state index in [1.54, 1.807) is 30.3 Å². The largest absolute Gasteiger partial charge is 0.422 e. The maximum absolute atomic E-state index is 13.2. The summed E-state index contributed by atoms with van der Waals surface area (Å²) in [4.78, 5) is 29.6. The Morgan fingerprint density at radius 2 is 1.47 bits per heavy atom. The molecule has 6 aromatic rings. The van der Waals surface area contributed by atoms with Crippen molar-refractivity contribution in [2.45, 2.75) is 0 Å². The van der Waals surface area contributed by atoms with Crippen molar-refractivity contribution in [3.05, 3.63) is 105 Å². The molecule has 0 aliphatic carbocycles. The molecule has 0 saturated carbocycles. The topological polar surface area (TPSA) is 86.2 Å². The van der Waals surface area contributed by atoms with E-state index in [-0.39, 0.29) is 11.1 Å². The van der Waals surface area contributed by atoms with Crippen LogP contribution in [0.2, 0.25) is 0 Å². The Morgan fingerprint density at radius 3 is 2.31 bits per heavy atom. The standard InChI is InChI=1S/C26H14N2O4/c29-26-23-22(17-9-3-5-11-20(17)28(30)31)19-14-13-15-7-1-2-8-16(15)24(19)27-25(23)18-10-4-6-12-21(18)32-26/h1-14H. The number of benzene rings is 4. The van der Waals surface area contributed by atoms with Crippen molar-refractivity contribution in [2.75, 3.05) is 0 Å². The van der Waals surface area contributed by atoms with Gasteiger partial charge in [0.1, 0.15) is 5.58 Å². The molecular formula is C26H14N2O4. The van der Waals surface area contributed by atoms with E-state index in [2.05, 4.69) is 0 Å². The van der Waals surface area contributed by atoms with Gasteiger partial charge in [0, 0.05) is 27.8 Å². The van der Waals surface area contributed by atoms with Crippen molar-refractivity contribution < 1.29 is 9.34 Å². The highest BCUT2D eigenvalue weighted by Crippen LogP contribution is 2.41. The molecule has 0 saturated heterocycles. The zero-order valence-electron chi connectivity index (χ0n) is 16.6. The first-order chi connectivity index (χ1) is 15.6. The molecule has 2 heterocycles. The van der Waals surface area contributed by atoms with Crippen molar-refractivity contribution in [1.82, 2.24) is 4.98 Å². The predicted molar refractivity (Wildman–Crippen MR) is 125 cm³/mol. The van der Waals surface area contributed by atoms with Gasteiger partial charge in [0.15, 0.2) is 0 Å². The zero-order chi connectivity index (χ0) is 21.8. The van der Waals surface area contributed by atoms with Gasteiger partial charge < -0.3 is 4.42 Å². The third kappa shape index (κ3) is 2.53. The van der Waals surface area contributed by atoms with E-state index in [1.807, 2.05) is 48.5 Å². The van der Waals surface area contributed by atoms with E-state index >= 15 is 0 Å².